The number of pyridine rings is 1. The van der Waals surface area contributed by atoms with Crippen LogP contribution >= 0.6 is 0 Å². The summed E-state index contributed by atoms with van der Waals surface area (Å²) in [5, 5.41) is 4.80. The highest BCUT2D eigenvalue weighted by molar-refractivity contribution is 5.79. The summed E-state index contributed by atoms with van der Waals surface area (Å²) in [6.45, 7) is 6.31. The molecule has 1 aromatic heterocycles. The Labute approximate surface area is 122 Å². The van der Waals surface area contributed by atoms with E-state index in [1.165, 1.54) is 17.4 Å². The maximum atomic E-state index is 4.53. The molecule has 2 rings (SSSR count). The van der Waals surface area contributed by atoms with Gasteiger partial charge in [-0.05, 0) is 64.7 Å². The molecule has 108 valence electrons. The second kappa shape index (κ2) is 6.82. The van der Waals surface area contributed by atoms with Gasteiger partial charge in [0.25, 0.3) is 0 Å². The van der Waals surface area contributed by atoms with Gasteiger partial charge in [0.15, 0.2) is 0 Å². The van der Waals surface area contributed by atoms with Crippen molar-refractivity contribution in [3.63, 3.8) is 0 Å². The molecule has 0 aliphatic rings. The number of benzene rings is 1. The lowest BCUT2D eigenvalue weighted by molar-refractivity contribution is 0.365. The third kappa shape index (κ3) is 4.29. The number of hydrogen-bond donors (Lipinski definition) is 1. The van der Waals surface area contributed by atoms with Gasteiger partial charge in [0.1, 0.15) is 0 Å². The number of fused-ring (bicyclic) bond motifs is 1. The second-order valence-electron chi connectivity index (χ2n) is 5.85. The van der Waals surface area contributed by atoms with Crippen LogP contribution in [0.25, 0.3) is 10.9 Å². The predicted molar refractivity (Wildman–Crippen MR) is 86.0 cm³/mol. The fourth-order valence-electron chi connectivity index (χ4n) is 2.23. The Bertz CT molecular complexity index is 563. The monoisotopic (exact) mass is 271 g/mol. The van der Waals surface area contributed by atoms with Gasteiger partial charge in [-0.3, -0.25) is 4.98 Å². The molecule has 0 aliphatic heterocycles. The van der Waals surface area contributed by atoms with Crippen molar-refractivity contribution in [2.75, 3.05) is 20.6 Å². The Morgan fingerprint density at radius 3 is 2.75 bits per heavy atom. The van der Waals surface area contributed by atoms with Crippen LogP contribution in [0.2, 0.25) is 0 Å². The molecule has 2 aromatic rings. The van der Waals surface area contributed by atoms with Gasteiger partial charge >= 0.3 is 0 Å². The van der Waals surface area contributed by atoms with Crippen molar-refractivity contribution in [1.29, 1.82) is 0 Å². The number of nitrogens with one attached hydrogen (secondary N) is 1. The molecule has 0 fully saturated rings. The minimum absolute atomic E-state index is 0.532. The average Bonchev–Trinajstić information content (AvgIpc) is 2.42. The van der Waals surface area contributed by atoms with E-state index in [0.717, 1.165) is 24.3 Å². The van der Waals surface area contributed by atoms with Gasteiger partial charge in [0, 0.05) is 23.7 Å². The zero-order chi connectivity index (χ0) is 14.5. The van der Waals surface area contributed by atoms with Crippen LogP contribution in [-0.2, 0) is 6.54 Å². The van der Waals surface area contributed by atoms with E-state index in [9.17, 15) is 0 Å². The number of aromatic nitrogens is 1. The molecular weight excluding hydrogens is 246 g/mol. The van der Waals surface area contributed by atoms with Crippen molar-refractivity contribution < 1.29 is 0 Å². The summed E-state index contributed by atoms with van der Waals surface area (Å²) in [5.41, 5.74) is 3.47. The zero-order valence-corrected chi connectivity index (χ0v) is 13.0. The number of rotatable bonds is 6. The third-order valence-electron chi connectivity index (χ3n) is 3.56. The highest BCUT2D eigenvalue weighted by atomic mass is 15.1. The summed E-state index contributed by atoms with van der Waals surface area (Å²) in [4.78, 5) is 6.76. The summed E-state index contributed by atoms with van der Waals surface area (Å²) in [7, 11) is 4.23. The average molecular weight is 271 g/mol. The van der Waals surface area contributed by atoms with Gasteiger partial charge in [0.05, 0.1) is 5.52 Å². The molecule has 0 saturated heterocycles. The molecule has 3 nitrogen and oxygen atoms in total. The summed E-state index contributed by atoms with van der Waals surface area (Å²) in [6.07, 6.45) is 1.17. The normalized spacial score (nSPS) is 13.1. The van der Waals surface area contributed by atoms with Crippen LogP contribution < -0.4 is 5.32 Å². The number of nitrogens with zero attached hydrogens (tertiary/aromatic N) is 2. The topological polar surface area (TPSA) is 28.2 Å². The van der Waals surface area contributed by atoms with Crippen LogP contribution in [0.15, 0.2) is 30.3 Å². The number of hydrogen-bond acceptors (Lipinski definition) is 3. The Hall–Kier alpha value is -1.45. The van der Waals surface area contributed by atoms with Crippen LogP contribution in [0, 0.1) is 6.92 Å². The molecule has 1 unspecified atom stereocenters. The highest BCUT2D eigenvalue weighted by Crippen LogP contribution is 2.14. The van der Waals surface area contributed by atoms with Crippen LogP contribution in [0.1, 0.15) is 24.6 Å². The summed E-state index contributed by atoms with van der Waals surface area (Å²) >= 11 is 0. The second-order valence-corrected chi connectivity index (χ2v) is 5.85. The molecule has 1 aromatic carbocycles. The van der Waals surface area contributed by atoms with E-state index in [2.05, 4.69) is 66.6 Å². The summed E-state index contributed by atoms with van der Waals surface area (Å²) in [6, 6.07) is 11.3. The SMILES string of the molecule is Cc1ccc2cc(CNC(C)CCN(C)C)ccc2n1. The zero-order valence-electron chi connectivity index (χ0n) is 13.0. The molecule has 0 spiro atoms. The van der Waals surface area contributed by atoms with Crippen LogP contribution in [-0.4, -0.2) is 36.6 Å². The van der Waals surface area contributed by atoms with Gasteiger partial charge in [-0.1, -0.05) is 12.1 Å². The Morgan fingerprint density at radius 2 is 2.00 bits per heavy atom. The highest BCUT2D eigenvalue weighted by Gasteiger charge is 2.03. The van der Waals surface area contributed by atoms with Gasteiger partial charge in [-0.15, -0.1) is 0 Å². The molecule has 0 aliphatic carbocycles. The quantitative estimate of drug-likeness (QED) is 0.875. The number of aryl methyl sites for hydroxylation is 1. The van der Waals surface area contributed by atoms with E-state index in [1.54, 1.807) is 0 Å². The van der Waals surface area contributed by atoms with Gasteiger partial charge in [0.2, 0.25) is 0 Å². The predicted octanol–water partition coefficient (Wildman–Crippen LogP) is 2.97. The van der Waals surface area contributed by atoms with Crippen molar-refractivity contribution in [1.82, 2.24) is 15.2 Å². The summed E-state index contributed by atoms with van der Waals surface area (Å²) in [5.74, 6) is 0. The first-order valence-electron chi connectivity index (χ1n) is 7.29. The van der Waals surface area contributed by atoms with E-state index < -0.39 is 0 Å². The lowest BCUT2D eigenvalue weighted by Gasteiger charge is -2.16. The first kappa shape index (κ1) is 14.9. The van der Waals surface area contributed by atoms with Crippen molar-refractivity contribution in [3.05, 3.63) is 41.6 Å². The van der Waals surface area contributed by atoms with E-state index in [4.69, 9.17) is 0 Å². The Balaban J connectivity index is 1.94. The van der Waals surface area contributed by atoms with E-state index in [1.807, 2.05) is 6.92 Å². The van der Waals surface area contributed by atoms with E-state index in [0.29, 0.717) is 6.04 Å². The fourth-order valence-corrected chi connectivity index (χ4v) is 2.23. The molecule has 1 atom stereocenters. The van der Waals surface area contributed by atoms with E-state index >= 15 is 0 Å². The smallest absolute Gasteiger partial charge is 0.0705 e. The minimum atomic E-state index is 0.532. The lowest BCUT2D eigenvalue weighted by Crippen LogP contribution is -2.29. The Morgan fingerprint density at radius 1 is 1.20 bits per heavy atom. The molecular formula is C17H25N3. The molecule has 0 amide bonds. The summed E-state index contributed by atoms with van der Waals surface area (Å²) < 4.78 is 0. The van der Waals surface area contributed by atoms with Gasteiger partial charge in [-0.25, -0.2) is 0 Å². The van der Waals surface area contributed by atoms with Crippen molar-refractivity contribution in [3.8, 4) is 0 Å². The molecule has 1 N–H and O–H groups in total. The molecule has 20 heavy (non-hydrogen) atoms. The molecule has 3 heteroatoms. The lowest BCUT2D eigenvalue weighted by atomic mass is 10.1. The van der Waals surface area contributed by atoms with Gasteiger partial charge in [-0.2, -0.15) is 0 Å². The molecule has 0 radical (unpaired) electrons. The fraction of sp³-hybridized carbons (Fsp3) is 0.471. The van der Waals surface area contributed by atoms with Crippen LogP contribution in [0.5, 0.6) is 0 Å². The van der Waals surface area contributed by atoms with Crippen molar-refractivity contribution in [2.24, 2.45) is 0 Å². The maximum absolute atomic E-state index is 4.53. The van der Waals surface area contributed by atoms with Crippen molar-refractivity contribution >= 4 is 10.9 Å². The van der Waals surface area contributed by atoms with Gasteiger partial charge < -0.3 is 10.2 Å². The molecule has 0 bridgehead atoms. The standard InChI is InChI=1S/C17H25N3/c1-13(9-10-20(3)4)18-12-15-6-8-17-16(11-15)7-5-14(2)19-17/h5-8,11,13,18H,9-10,12H2,1-4H3. The first-order valence-corrected chi connectivity index (χ1v) is 7.29. The molecule has 0 saturated carbocycles. The first-order chi connectivity index (χ1) is 9.54. The van der Waals surface area contributed by atoms with Crippen LogP contribution in [0.3, 0.4) is 0 Å². The minimum Gasteiger partial charge on any atom is -0.310 e. The van der Waals surface area contributed by atoms with Crippen LogP contribution in [0.4, 0.5) is 0 Å². The third-order valence-corrected chi connectivity index (χ3v) is 3.56. The van der Waals surface area contributed by atoms with E-state index in [-0.39, 0.29) is 0 Å². The maximum Gasteiger partial charge on any atom is 0.0705 e. The largest absolute Gasteiger partial charge is 0.310 e. The Kier molecular flexibility index (Phi) is 5.10. The van der Waals surface area contributed by atoms with Crippen molar-refractivity contribution in [2.45, 2.75) is 32.9 Å². The molecule has 1 heterocycles.